The second-order valence-electron chi connectivity index (χ2n) is 6.34. The van der Waals surface area contributed by atoms with Crippen molar-refractivity contribution in [1.29, 1.82) is 0 Å². The smallest absolute Gasteiger partial charge is 0.411 e. The van der Waals surface area contributed by atoms with Crippen LogP contribution in [0.2, 0.25) is 0 Å². The number of nitrogens with zero attached hydrogens (tertiary/aromatic N) is 2. The third kappa shape index (κ3) is 1.88. The first-order valence-corrected chi connectivity index (χ1v) is 6.95. The van der Waals surface area contributed by atoms with Crippen LogP contribution in [0, 0.1) is 5.92 Å². The summed E-state index contributed by atoms with van der Waals surface area (Å²) in [7, 11) is 0. The highest BCUT2D eigenvalue weighted by atomic mass is 16.4. The molecule has 20 heavy (non-hydrogen) atoms. The number of Topliss-reactive ketones (excluding diaryl/α,β-unsaturated/α-hetero) is 1. The van der Waals surface area contributed by atoms with Crippen molar-refractivity contribution in [3.63, 3.8) is 0 Å². The Morgan fingerprint density at radius 3 is 2.65 bits per heavy atom. The monoisotopic (exact) mass is 274 g/mol. The van der Waals surface area contributed by atoms with Gasteiger partial charge in [0.2, 0.25) is 0 Å². The predicted octanol–water partition coefficient (Wildman–Crippen LogP) is 2.84. The Morgan fingerprint density at radius 2 is 2.10 bits per heavy atom. The quantitative estimate of drug-likeness (QED) is 0.842. The number of aromatic nitrogens is 1. The van der Waals surface area contributed by atoms with Crippen LogP contribution in [0.15, 0.2) is 12.3 Å². The lowest BCUT2D eigenvalue weighted by molar-refractivity contribution is 0.0854. The molecular weight excluding hydrogens is 256 g/mol. The van der Waals surface area contributed by atoms with Crippen molar-refractivity contribution in [2.45, 2.75) is 38.5 Å². The zero-order valence-corrected chi connectivity index (χ0v) is 11.7. The van der Waals surface area contributed by atoms with Gasteiger partial charge in [-0.2, -0.15) is 0 Å². The third-order valence-electron chi connectivity index (χ3n) is 4.34. The Balaban J connectivity index is 2.00. The summed E-state index contributed by atoms with van der Waals surface area (Å²) in [4.78, 5) is 29.3. The molecule has 3 rings (SSSR count). The molecule has 2 aliphatic rings. The lowest BCUT2D eigenvalue weighted by Gasteiger charge is -2.24. The van der Waals surface area contributed by atoms with E-state index in [4.69, 9.17) is 0 Å². The highest BCUT2D eigenvalue weighted by Gasteiger charge is 2.40. The molecule has 1 fully saturated rings. The van der Waals surface area contributed by atoms with Crippen molar-refractivity contribution in [3.05, 3.63) is 23.5 Å². The molecule has 1 aromatic heterocycles. The van der Waals surface area contributed by atoms with Gasteiger partial charge in [-0.15, -0.1) is 0 Å². The van der Waals surface area contributed by atoms with Crippen molar-refractivity contribution < 1.29 is 14.7 Å². The van der Waals surface area contributed by atoms with E-state index in [-0.39, 0.29) is 17.1 Å². The van der Waals surface area contributed by atoms with Gasteiger partial charge in [-0.25, -0.2) is 4.79 Å². The number of carbonyl (C=O) groups is 2. The van der Waals surface area contributed by atoms with E-state index < -0.39 is 6.09 Å². The van der Waals surface area contributed by atoms with Crippen LogP contribution in [0.3, 0.4) is 0 Å². The molecule has 1 amide bonds. The lowest BCUT2D eigenvalue weighted by Crippen LogP contribution is -2.32. The summed E-state index contributed by atoms with van der Waals surface area (Å²) >= 11 is 0. The topological polar surface area (TPSA) is 70.5 Å². The molecule has 0 spiro atoms. The molecule has 0 bridgehead atoms. The minimum absolute atomic E-state index is 0.0987. The van der Waals surface area contributed by atoms with Gasteiger partial charge in [0.15, 0.2) is 5.78 Å². The first kappa shape index (κ1) is 13.1. The average Bonchev–Trinajstić information content (AvgIpc) is 2.59. The number of hydrogen-bond acceptors (Lipinski definition) is 3. The number of hydrogen-bond donors (Lipinski definition) is 1. The summed E-state index contributed by atoms with van der Waals surface area (Å²) in [5.41, 5.74) is 1.54. The summed E-state index contributed by atoms with van der Waals surface area (Å²) in [5, 5.41) is 9.30. The summed E-state index contributed by atoms with van der Waals surface area (Å²) in [6.45, 7) is 4.32. The van der Waals surface area contributed by atoms with Gasteiger partial charge in [-0.1, -0.05) is 20.3 Å². The Labute approximate surface area is 117 Å². The maximum Gasteiger partial charge on any atom is 0.411 e. The van der Waals surface area contributed by atoms with Gasteiger partial charge >= 0.3 is 6.09 Å². The molecule has 1 N–H and O–H groups in total. The molecular formula is C15H18N2O3. The Morgan fingerprint density at radius 1 is 1.40 bits per heavy atom. The molecule has 106 valence electrons. The second kappa shape index (κ2) is 4.30. The van der Waals surface area contributed by atoms with Gasteiger partial charge in [0.25, 0.3) is 0 Å². The fourth-order valence-corrected chi connectivity index (χ4v) is 2.95. The van der Waals surface area contributed by atoms with Crippen molar-refractivity contribution >= 4 is 17.6 Å². The zero-order chi connectivity index (χ0) is 14.5. The van der Waals surface area contributed by atoms with Crippen LogP contribution in [0.4, 0.5) is 10.5 Å². The maximum atomic E-state index is 12.3. The molecule has 1 aliphatic carbocycles. The Hall–Kier alpha value is -1.91. The van der Waals surface area contributed by atoms with E-state index in [2.05, 4.69) is 4.98 Å². The lowest BCUT2D eigenvalue weighted by atomic mass is 9.80. The highest BCUT2D eigenvalue weighted by molar-refractivity contribution is 6.00. The molecule has 0 aromatic carbocycles. The summed E-state index contributed by atoms with van der Waals surface area (Å²) in [6, 6.07) is 1.70. The fourth-order valence-electron chi connectivity index (χ4n) is 2.95. The van der Waals surface area contributed by atoms with Gasteiger partial charge < -0.3 is 5.11 Å². The van der Waals surface area contributed by atoms with Crippen LogP contribution in [0.25, 0.3) is 0 Å². The SMILES string of the molecule is CC1(C)CN(C(=O)O)c2cc(C(=O)C3CCC3)cnc21. The molecule has 5 heteroatoms. The van der Waals surface area contributed by atoms with E-state index in [0.29, 0.717) is 17.8 Å². The van der Waals surface area contributed by atoms with E-state index >= 15 is 0 Å². The van der Waals surface area contributed by atoms with E-state index in [0.717, 1.165) is 25.0 Å². The van der Waals surface area contributed by atoms with Gasteiger partial charge in [0, 0.05) is 29.6 Å². The number of carbonyl (C=O) groups excluding carboxylic acids is 1. The van der Waals surface area contributed by atoms with Gasteiger partial charge in [-0.3, -0.25) is 14.7 Å². The van der Waals surface area contributed by atoms with Crippen molar-refractivity contribution in [2.75, 3.05) is 11.4 Å². The molecule has 2 heterocycles. The molecule has 0 radical (unpaired) electrons. The third-order valence-corrected chi connectivity index (χ3v) is 4.34. The normalized spacial score (nSPS) is 20.4. The second-order valence-corrected chi connectivity index (χ2v) is 6.34. The van der Waals surface area contributed by atoms with Crippen LogP contribution in [0.1, 0.15) is 49.2 Å². The van der Waals surface area contributed by atoms with Crippen LogP contribution in [-0.4, -0.2) is 28.5 Å². The predicted molar refractivity (Wildman–Crippen MR) is 74.3 cm³/mol. The largest absolute Gasteiger partial charge is 0.465 e. The van der Waals surface area contributed by atoms with Crippen LogP contribution < -0.4 is 4.90 Å². The number of amides is 1. The fraction of sp³-hybridized carbons (Fsp3) is 0.533. The number of anilines is 1. The van der Waals surface area contributed by atoms with Crippen LogP contribution >= 0.6 is 0 Å². The first-order valence-electron chi connectivity index (χ1n) is 6.95. The van der Waals surface area contributed by atoms with Crippen molar-refractivity contribution in [3.8, 4) is 0 Å². The van der Waals surface area contributed by atoms with E-state index in [1.807, 2.05) is 13.8 Å². The number of carboxylic acid groups (broad SMARTS) is 1. The minimum atomic E-state index is -0.994. The van der Waals surface area contributed by atoms with Gasteiger partial charge in [0.05, 0.1) is 11.4 Å². The van der Waals surface area contributed by atoms with Crippen molar-refractivity contribution in [1.82, 2.24) is 4.98 Å². The first-order chi connectivity index (χ1) is 9.40. The highest BCUT2D eigenvalue weighted by Crippen LogP contribution is 2.40. The standard InChI is InChI=1S/C15H18N2O3/c1-15(2)8-17(14(19)20)11-6-10(7-16-13(11)15)12(18)9-4-3-5-9/h6-7,9H,3-5,8H2,1-2H3,(H,19,20). The molecule has 0 unspecified atom stereocenters. The van der Waals surface area contributed by atoms with E-state index in [1.54, 1.807) is 12.3 Å². The zero-order valence-electron chi connectivity index (χ0n) is 11.7. The van der Waals surface area contributed by atoms with Gasteiger partial charge in [0.1, 0.15) is 0 Å². The Kier molecular flexibility index (Phi) is 2.81. The number of ketones is 1. The number of fused-ring (bicyclic) bond motifs is 1. The Bertz CT molecular complexity index is 591. The minimum Gasteiger partial charge on any atom is -0.465 e. The molecule has 1 saturated carbocycles. The van der Waals surface area contributed by atoms with Gasteiger partial charge in [-0.05, 0) is 18.9 Å². The van der Waals surface area contributed by atoms with Crippen molar-refractivity contribution in [2.24, 2.45) is 5.92 Å². The molecule has 0 saturated heterocycles. The van der Waals surface area contributed by atoms with E-state index in [9.17, 15) is 14.7 Å². The summed E-state index contributed by atoms with van der Waals surface area (Å²) in [5.74, 6) is 0.198. The molecule has 1 aliphatic heterocycles. The summed E-state index contributed by atoms with van der Waals surface area (Å²) < 4.78 is 0. The van der Waals surface area contributed by atoms with E-state index in [1.165, 1.54) is 4.90 Å². The maximum absolute atomic E-state index is 12.3. The summed E-state index contributed by atoms with van der Waals surface area (Å²) in [6.07, 6.45) is 3.58. The molecule has 0 atom stereocenters. The molecule has 5 nitrogen and oxygen atoms in total. The number of pyridine rings is 1. The molecule has 1 aromatic rings. The average molecular weight is 274 g/mol. The van der Waals surface area contributed by atoms with Crippen LogP contribution in [0.5, 0.6) is 0 Å². The number of rotatable bonds is 2. The van der Waals surface area contributed by atoms with Crippen LogP contribution in [-0.2, 0) is 5.41 Å².